The molecule has 0 aromatic rings. The molecule has 5 rings (SSSR count). The molecule has 8 atom stereocenters. The minimum absolute atomic E-state index is 0.0606. The van der Waals surface area contributed by atoms with Gasteiger partial charge in [0.15, 0.2) is 5.78 Å². The lowest BCUT2D eigenvalue weighted by atomic mass is 9.43. The third kappa shape index (κ3) is 2.69. The fraction of sp³-hybridized carbons (Fsp3) is 0.800. The molecule has 6 unspecified atom stereocenters. The van der Waals surface area contributed by atoms with E-state index < -0.39 is 5.60 Å². The summed E-state index contributed by atoms with van der Waals surface area (Å²) in [5.41, 5.74) is 0.255. The zero-order valence-electron chi connectivity index (χ0n) is 19.1. The van der Waals surface area contributed by atoms with Crippen LogP contribution in [0.4, 0.5) is 0 Å². The number of rotatable bonds is 2. The zero-order chi connectivity index (χ0) is 22.2. The van der Waals surface area contributed by atoms with E-state index in [9.17, 15) is 14.4 Å². The topological polar surface area (TPSA) is 78.9 Å². The van der Waals surface area contributed by atoms with Crippen molar-refractivity contribution in [2.45, 2.75) is 76.9 Å². The number of hydrogen-bond acceptors (Lipinski definition) is 6. The first-order chi connectivity index (χ1) is 14.7. The van der Waals surface area contributed by atoms with Gasteiger partial charge in [0.25, 0.3) is 0 Å². The van der Waals surface area contributed by atoms with Crippen LogP contribution >= 0.6 is 0 Å². The van der Waals surface area contributed by atoms with Gasteiger partial charge in [-0.1, -0.05) is 19.4 Å². The Hall–Kier alpha value is -1.69. The molecule has 1 saturated heterocycles. The third-order valence-corrected chi connectivity index (χ3v) is 10.1. The number of ketones is 1. The summed E-state index contributed by atoms with van der Waals surface area (Å²) in [5.74, 6) is 0.0465. The first kappa shape index (κ1) is 21.2. The normalized spacial score (nSPS) is 48.5. The SMILES string of the molecule is COC(=O)C1CC2=CC(=O)CC[C@]2(C)C2C(OC)C[C@@]3(C)C(CCC34CCC(=O)O4)C12. The number of allylic oxidation sites excluding steroid dienone is 1. The second kappa shape index (κ2) is 6.90. The fourth-order valence-electron chi connectivity index (χ4n) is 8.54. The molecule has 0 N–H and O–H groups in total. The summed E-state index contributed by atoms with van der Waals surface area (Å²) in [5, 5.41) is 0. The summed E-state index contributed by atoms with van der Waals surface area (Å²) >= 11 is 0. The van der Waals surface area contributed by atoms with Crippen LogP contribution in [0.1, 0.15) is 65.2 Å². The highest BCUT2D eigenvalue weighted by molar-refractivity contribution is 5.92. The predicted octanol–water partition coefficient (Wildman–Crippen LogP) is 3.62. The summed E-state index contributed by atoms with van der Waals surface area (Å²) in [4.78, 5) is 37.5. The lowest BCUT2D eigenvalue weighted by Crippen LogP contribution is -2.63. The van der Waals surface area contributed by atoms with Gasteiger partial charge in [-0.2, -0.15) is 0 Å². The number of carbonyl (C=O) groups excluding carboxylic acids is 3. The van der Waals surface area contributed by atoms with Crippen LogP contribution < -0.4 is 0 Å². The van der Waals surface area contributed by atoms with Gasteiger partial charge in [-0.25, -0.2) is 0 Å². The minimum Gasteiger partial charge on any atom is -0.469 e. The van der Waals surface area contributed by atoms with Crippen LogP contribution in [0.5, 0.6) is 0 Å². The highest BCUT2D eigenvalue weighted by Gasteiger charge is 2.71. The number of carbonyl (C=O) groups is 3. The number of methoxy groups -OCH3 is 2. The molecule has 6 heteroatoms. The van der Waals surface area contributed by atoms with Crippen molar-refractivity contribution in [1.29, 1.82) is 0 Å². The summed E-state index contributed by atoms with van der Waals surface area (Å²) < 4.78 is 17.5. The fourth-order valence-corrected chi connectivity index (χ4v) is 8.54. The Bertz CT molecular complexity index is 862. The van der Waals surface area contributed by atoms with Crippen LogP contribution in [0.3, 0.4) is 0 Å². The van der Waals surface area contributed by atoms with Gasteiger partial charge in [-0.15, -0.1) is 0 Å². The molecule has 0 amide bonds. The standard InChI is InChI=1S/C25H34O6/c1-23-8-5-15(26)11-14(23)12-16(22(28)30-4)20-17-6-9-25(10-7-19(27)31-25)24(17,2)13-18(29-3)21(20)23/h11,16-18,20-21H,5-10,12-13H2,1-4H3/t16?,17?,18?,20?,21?,23-,24-,25?/m0/s1. The molecule has 31 heavy (non-hydrogen) atoms. The quantitative estimate of drug-likeness (QED) is 0.623. The number of hydrogen-bond donors (Lipinski definition) is 0. The molecule has 0 bridgehead atoms. The summed E-state index contributed by atoms with van der Waals surface area (Å²) in [7, 11) is 3.21. The molecule has 4 fully saturated rings. The van der Waals surface area contributed by atoms with Crippen LogP contribution in [0.25, 0.3) is 0 Å². The molecule has 3 saturated carbocycles. The van der Waals surface area contributed by atoms with Gasteiger partial charge < -0.3 is 14.2 Å². The molecule has 4 aliphatic carbocycles. The van der Waals surface area contributed by atoms with Gasteiger partial charge in [-0.3, -0.25) is 14.4 Å². The van der Waals surface area contributed by atoms with Crippen molar-refractivity contribution in [1.82, 2.24) is 0 Å². The summed E-state index contributed by atoms with van der Waals surface area (Å²) in [6.07, 6.45) is 7.50. The number of fused-ring (bicyclic) bond motifs is 6. The third-order valence-electron chi connectivity index (χ3n) is 10.1. The van der Waals surface area contributed by atoms with Crippen molar-refractivity contribution in [2.75, 3.05) is 14.2 Å². The average molecular weight is 431 g/mol. The van der Waals surface area contributed by atoms with Crippen molar-refractivity contribution in [3.05, 3.63) is 11.6 Å². The van der Waals surface area contributed by atoms with E-state index in [1.54, 1.807) is 13.2 Å². The van der Waals surface area contributed by atoms with Gasteiger partial charge in [0.2, 0.25) is 0 Å². The van der Waals surface area contributed by atoms with Crippen LogP contribution in [-0.4, -0.2) is 43.6 Å². The van der Waals surface area contributed by atoms with E-state index in [1.807, 2.05) is 0 Å². The number of ether oxygens (including phenoxy) is 3. The van der Waals surface area contributed by atoms with Crippen LogP contribution in [0, 0.1) is 34.5 Å². The van der Waals surface area contributed by atoms with E-state index in [1.165, 1.54) is 7.11 Å². The second-order valence-corrected chi connectivity index (χ2v) is 11.0. The zero-order valence-corrected chi connectivity index (χ0v) is 19.1. The molecule has 0 aromatic carbocycles. The molecule has 1 spiro atoms. The number of esters is 2. The first-order valence-electron chi connectivity index (χ1n) is 11.8. The van der Waals surface area contributed by atoms with Crippen molar-refractivity contribution in [3.8, 4) is 0 Å². The van der Waals surface area contributed by atoms with E-state index in [2.05, 4.69) is 13.8 Å². The van der Waals surface area contributed by atoms with E-state index in [-0.39, 0.29) is 58.3 Å². The first-order valence-corrected chi connectivity index (χ1v) is 11.8. The van der Waals surface area contributed by atoms with E-state index in [0.717, 1.165) is 37.7 Å². The van der Waals surface area contributed by atoms with Gasteiger partial charge in [0.05, 0.1) is 19.1 Å². The molecular weight excluding hydrogens is 396 g/mol. The smallest absolute Gasteiger partial charge is 0.309 e. The van der Waals surface area contributed by atoms with E-state index in [0.29, 0.717) is 19.3 Å². The maximum atomic E-state index is 13.1. The Morgan fingerprint density at radius 3 is 2.55 bits per heavy atom. The predicted molar refractivity (Wildman–Crippen MR) is 112 cm³/mol. The highest BCUT2D eigenvalue weighted by Crippen LogP contribution is 2.71. The Morgan fingerprint density at radius 2 is 1.90 bits per heavy atom. The van der Waals surface area contributed by atoms with Crippen molar-refractivity contribution in [3.63, 3.8) is 0 Å². The van der Waals surface area contributed by atoms with Crippen LogP contribution in [0.2, 0.25) is 0 Å². The van der Waals surface area contributed by atoms with Gasteiger partial charge in [-0.05, 0) is 67.8 Å². The monoisotopic (exact) mass is 430 g/mol. The molecule has 170 valence electrons. The maximum Gasteiger partial charge on any atom is 0.309 e. The molecule has 0 radical (unpaired) electrons. The molecule has 0 aromatic heterocycles. The minimum atomic E-state index is -0.448. The summed E-state index contributed by atoms with van der Waals surface area (Å²) in [6, 6.07) is 0. The summed E-state index contributed by atoms with van der Waals surface area (Å²) in [6.45, 7) is 4.53. The Balaban J connectivity index is 1.64. The Morgan fingerprint density at radius 1 is 1.13 bits per heavy atom. The van der Waals surface area contributed by atoms with Crippen molar-refractivity contribution in [2.24, 2.45) is 34.5 Å². The molecule has 5 aliphatic rings. The Labute approximate surface area is 184 Å². The van der Waals surface area contributed by atoms with Crippen LogP contribution in [-0.2, 0) is 28.6 Å². The van der Waals surface area contributed by atoms with Crippen molar-refractivity contribution >= 4 is 17.7 Å². The molecule has 1 heterocycles. The van der Waals surface area contributed by atoms with Gasteiger partial charge >= 0.3 is 11.9 Å². The lowest BCUT2D eigenvalue weighted by molar-refractivity contribution is -0.201. The average Bonchev–Trinajstić information content (AvgIpc) is 3.27. The van der Waals surface area contributed by atoms with E-state index >= 15 is 0 Å². The van der Waals surface area contributed by atoms with Crippen molar-refractivity contribution < 1.29 is 28.6 Å². The maximum absolute atomic E-state index is 13.1. The largest absolute Gasteiger partial charge is 0.469 e. The molecular formula is C25H34O6. The lowest BCUT2D eigenvalue weighted by Gasteiger charge is -2.62. The molecule has 6 nitrogen and oxygen atoms in total. The van der Waals surface area contributed by atoms with Gasteiger partial charge in [0, 0.05) is 25.4 Å². The second-order valence-electron chi connectivity index (χ2n) is 11.0. The molecule has 1 aliphatic heterocycles. The van der Waals surface area contributed by atoms with Crippen LogP contribution in [0.15, 0.2) is 11.6 Å². The highest BCUT2D eigenvalue weighted by atomic mass is 16.6. The Kier molecular flexibility index (Phi) is 4.71. The van der Waals surface area contributed by atoms with E-state index in [4.69, 9.17) is 14.2 Å². The van der Waals surface area contributed by atoms with Gasteiger partial charge in [0.1, 0.15) is 5.60 Å².